The van der Waals surface area contributed by atoms with E-state index in [4.69, 9.17) is 9.47 Å². The monoisotopic (exact) mass is 355 g/mol. The Morgan fingerprint density at radius 2 is 1.52 bits per heavy atom. The molecule has 0 spiro atoms. The third-order valence-electron chi connectivity index (χ3n) is 4.34. The summed E-state index contributed by atoms with van der Waals surface area (Å²) in [5.74, 6) is -0.0512. The van der Waals surface area contributed by atoms with E-state index in [1.807, 2.05) is 4.90 Å². The van der Waals surface area contributed by atoms with E-state index in [0.717, 1.165) is 25.7 Å². The third-order valence-corrected chi connectivity index (χ3v) is 4.34. The Bertz CT molecular complexity index is 757. The van der Waals surface area contributed by atoms with Gasteiger partial charge in [0.1, 0.15) is 5.82 Å². The Hall–Kier alpha value is -2.25. The molecule has 0 saturated carbocycles. The second-order valence-corrected chi connectivity index (χ2v) is 5.99. The zero-order valence-corrected chi connectivity index (χ0v) is 14.2. The number of alkyl halides is 3. The second kappa shape index (κ2) is 6.93. The number of aromatic nitrogens is 2. The van der Waals surface area contributed by atoms with E-state index in [-0.39, 0.29) is 5.52 Å². The first-order valence-corrected chi connectivity index (χ1v) is 8.20. The van der Waals surface area contributed by atoms with Crippen LogP contribution in [0.1, 0.15) is 31.5 Å². The van der Waals surface area contributed by atoms with Gasteiger partial charge in [-0.05, 0) is 18.9 Å². The molecule has 1 aliphatic heterocycles. The first kappa shape index (κ1) is 17.6. The van der Waals surface area contributed by atoms with Crippen molar-refractivity contribution in [2.45, 2.75) is 31.9 Å². The molecule has 0 radical (unpaired) electrons. The van der Waals surface area contributed by atoms with Gasteiger partial charge in [-0.3, -0.25) is 0 Å². The number of anilines is 1. The van der Waals surface area contributed by atoms with Gasteiger partial charge in [0.2, 0.25) is 5.82 Å². The number of fused-ring (bicyclic) bond motifs is 1. The molecule has 5 nitrogen and oxygen atoms in total. The van der Waals surface area contributed by atoms with E-state index >= 15 is 0 Å². The Labute approximate surface area is 143 Å². The number of halogens is 3. The predicted octanol–water partition coefficient (Wildman–Crippen LogP) is 4.05. The van der Waals surface area contributed by atoms with Gasteiger partial charge in [-0.15, -0.1) is 0 Å². The van der Waals surface area contributed by atoms with Crippen molar-refractivity contribution >= 4 is 16.7 Å². The maximum atomic E-state index is 13.3. The second-order valence-electron chi connectivity index (χ2n) is 5.99. The quantitative estimate of drug-likeness (QED) is 0.831. The van der Waals surface area contributed by atoms with Crippen LogP contribution in [0.5, 0.6) is 11.5 Å². The van der Waals surface area contributed by atoms with Gasteiger partial charge < -0.3 is 14.4 Å². The fourth-order valence-corrected chi connectivity index (χ4v) is 3.09. The molecule has 1 aromatic heterocycles. The van der Waals surface area contributed by atoms with E-state index in [9.17, 15) is 13.2 Å². The molecule has 0 atom stereocenters. The molecule has 1 aromatic carbocycles. The highest BCUT2D eigenvalue weighted by molar-refractivity contribution is 5.92. The van der Waals surface area contributed by atoms with Crippen LogP contribution in [-0.4, -0.2) is 37.3 Å². The zero-order chi connectivity index (χ0) is 18.0. The van der Waals surface area contributed by atoms with Crippen LogP contribution < -0.4 is 14.4 Å². The van der Waals surface area contributed by atoms with Crippen LogP contribution in [0, 0.1) is 0 Å². The lowest BCUT2D eigenvalue weighted by Crippen LogP contribution is -2.26. The Balaban J connectivity index is 2.23. The minimum atomic E-state index is -4.61. The molecule has 0 N–H and O–H groups in total. The summed E-state index contributed by atoms with van der Waals surface area (Å²) in [6.07, 6.45) is -0.603. The van der Waals surface area contributed by atoms with Crippen molar-refractivity contribution in [3.05, 3.63) is 18.0 Å². The van der Waals surface area contributed by atoms with Gasteiger partial charge in [0, 0.05) is 24.5 Å². The van der Waals surface area contributed by atoms with Crippen LogP contribution >= 0.6 is 0 Å². The molecule has 1 saturated heterocycles. The molecule has 1 fully saturated rings. The van der Waals surface area contributed by atoms with Crippen LogP contribution in [-0.2, 0) is 6.18 Å². The van der Waals surface area contributed by atoms with Crippen LogP contribution in [0.3, 0.4) is 0 Å². The summed E-state index contributed by atoms with van der Waals surface area (Å²) in [5, 5.41) is 0.535. The smallest absolute Gasteiger partial charge is 0.451 e. The third kappa shape index (κ3) is 3.57. The van der Waals surface area contributed by atoms with Crippen LogP contribution in [0.4, 0.5) is 19.0 Å². The Kier molecular flexibility index (Phi) is 4.87. The molecule has 0 bridgehead atoms. The molecule has 0 aliphatic carbocycles. The summed E-state index contributed by atoms with van der Waals surface area (Å²) < 4.78 is 50.3. The summed E-state index contributed by atoms with van der Waals surface area (Å²) >= 11 is 0. The number of methoxy groups -OCH3 is 2. The summed E-state index contributed by atoms with van der Waals surface area (Å²) in [6.45, 7) is 1.36. The Morgan fingerprint density at radius 3 is 2.08 bits per heavy atom. The van der Waals surface area contributed by atoms with E-state index in [1.165, 1.54) is 20.3 Å². The topological polar surface area (TPSA) is 47.5 Å². The highest BCUT2D eigenvalue weighted by Crippen LogP contribution is 2.38. The van der Waals surface area contributed by atoms with Crippen molar-refractivity contribution in [2.24, 2.45) is 0 Å². The van der Waals surface area contributed by atoms with Crippen molar-refractivity contribution in [2.75, 3.05) is 32.2 Å². The van der Waals surface area contributed by atoms with Gasteiger partial charge in [-0.1, -0.05) is 12.8 Å². The van der Waals surface area contributed by atoms with Crippen molar-refractivity contribution < 1.29 is 22.6 Å². The first-order valence-electron chi connectivity index (χ1n) is 8.20. The number of hydrogen-bond acceptors (Lipinski definition) is 5. The largest absolute Gasteiger partial charge is 0.493 e. The van der Waals surface area contributed by atoms with E-state index in [1.54, 1.807) is 6.07 Å². The normalized spacial score (nSPS) is 16.0. The van der Waals surface area contributed by atoms with E-state index in [0.29, 0.717) is 35.8 Å². The molecule has 136 valence electrons. The predicted molar refractivity (Wildman–Crippen MR) is 88.3 cm³/mol. The van der Waals surface area contributed by atoms with Crippen molar-refractivity contribution in [3.63, 3.8) is 0 Å². The highest BCUT2D eigenvalue weighted by Gasteiger charge is 2.36. The maximum Gasteiger partial charge on any atom is 0.451 e. The molecular formula is C17H20F3N3O2. The number of hydrogen-bond donors (Lipinski definition) is 0. The van der Waals surface area contributed by atoms with E-state index < -0.39 is 12.0 Å². The summed E-state index contributed by atoms with van der Waals surface area (Å²) in [4.78, 5) is 9.49. The van der Waals surface area contributed by atoms with Gasteiger partial charge in [0.05, 0.1) is 19.7 Å². The fraction of sp³-hybridized carbons (Fsp3) is 0.529. The van der Waals surface area contributed by atoms with Gasteiger partial charge in [0.25, 0.3) is 0 Å². The molecule has 0 unspecified atom stereocenters. The maximum absolute atomic E-state index is 13.3. The molecule has 2 heterocycles. The molecule has 25 heavy (non-hydrogen) atoms. The number of nitrogens with zero attached hydrogens (tertiary/aromatic N) is 3. The lowest BCUT2D eigenvalue weighted by Gasteiger charge is -2.24. The summed E-state index contributed by atoms with van der Waals surface area (Å²) in [5.41, 5.74) is 0.194. The average molecular weight is 355 g/mol. The lowest BCUT2D eigenvalue weighted by atomic mass is 10.2. The van der Waals surface area contributed by atoms with Crippen LogP contribution in [0.15, 0.2) is 12.1 Å². The lowest BCUT2D eigenvalue weighted by molar-refractivity contribution is -0.144. The summed E-state index contributed by atoms with van der Waals surface area (Å²) in [7, 11) is 2.92. The molecular weight excluding hydrogens is 335 g/mol. The molecule has 2 aromatic rings. The minimum Gasteiger partial charge on any atom is -0.493 e. The van der Waals surface area contributed by atoms with Crippen LogP contribution in [0.25, 0.3) is 10.9 Å². The van der Waals surface area contributed by atoms with Gasteiger partial charge in [-0.2, -0.15) is 13.2 Å². The van der Waals surface area contributed by atoms with Gasteiger partial charge >= 0.3 is 6.18 Å². The highest BCUT2D eigenvalue weighted by atomic mass is 19.4. The molecule has 1 aliphatic rings. The first-order chi connectivity index (χ1) is 11.9. The molecule has 8 heteroatoms. The van der Waals surface area contributed by atoms with Crippen LogP contribution in [0.2, 0.25) is 0 Å². The number of benzene rings is 1. The van der Waals surface area contributed by atoms with E-state index in [2.05, 4.69) is 9.97 Å². The molecule has 3 rings (SSSR count). The standard InChI is InChI=1S/C17H20F3N3O2/c1-24-13-9-11-12(10-14(13)25-2)21-16(17(18,19)20)22-15(11)23-7-5-3-4-6-8-23/h9-10H,3-8H2,1-2H3. The van der Waals surface area contributed by atoms with Crippen molar-refractivity contribution in [1.29, 1.82) is 0 Å². The number of rotatable bonds is 3. The van der Waals surface area contributed by atoms with Crippen molar-refractivity contribution in [3.8, 4) is 11.5 Å². The summed E-state index contributed by atoms with van der Waals surface area (Å²) in [6, 6.07) is 3.11. The fourth-order valence-electron chi connectivity index (χ4n) is 3.09. The Morgan fingerprint density at radius 1 is 0.920 bits per heavy atom. The molecule has 0 amide bonds. The average Bonchev–Trinajstić information content (AvgIpc) is 2.87. The minimum absolute atomic E-state index is 0.194. The zero-order valence-electron chi connectivity index (χ0n) is 14.2. The number of ether oxygens (including phenoxy) is 2. The van der Waals surface area contributed by atoms with Gasteiger partial charge in [-0.25, -0.2) is 9.97 Å². The SMILES string of the molecule is COc1cc2nc(C(F)(F)F)nc(N3CCCCCC3)c2cc1OC. The van der Waals surface area contributed by atoms with Gasteiger partial charge in [0.15, 0.2) is 11.5 Å². The van der Waals surface area contributed by atoms with Crippen molar-refractivity contribution in [1.82, 2.24) is 9.97 Å².